The number of aromatic amines is 1. The highest BCUT2D eigenvalue weighted by molar-refractivity contribution is 7.39. The average molecular weight is 322 g/mol. The zero-order chi connectivity index (χ0) is 15.7. The minimum absolute atomic E-state index is 0.230. The van der Waals surface area contributed by atoms with Crippen molar-refractivity contribution in [2.45, 2.75) is 31.5 Å². The molecule has 0 bridgehead atoms. The van der Waals surface area contributed by atoms with Gasteiger partial charge in [-0.05, 0) is 6.92 Å². The van der Waals surface area contributed by atoms with Crippen LogP contribution in [0.2, 0.25) is 0 Å². The molecule has 1 aromatic rings. The Balaban J connectivity index is 2.23. The summed E-state index contributed by atoms with van der Waals surface area (Å²) in [6.45, 7) is 1.10. The third-order valence-electron chi connectivity index (χ3n) is 3.11. The van der Waals surface area contributed by atoms with Gasteiger partial charge in [-0.1, -0.05) is 0 Å². The Morgan fingerprint density at radius 1 is 1.38 bits per heavy atom. The smallest absolute Gasteiger partial charge is 0.330 e. The number of aliphatic hydroxyl groups excluding tert-OH is 2. The molecule has 21 heavy (non-hydrogen) atoms. The van der Waals surface area contributed by atoms with Crippen LogP contribution in [0.15, 0.2) is 15.8 Å². The molecule has 5 N–H and O–H groups in total. The van der Waals surface area contributed by atoms with E-state index in [-0.39, 0.29) is 12.2 Å². The summed E-state index contributed by atoms with van der Waals surface area (Å²) in [5.41, 5.74) is -1.13. The topological polar surface area (TPSA) is 154 Å². The average Bonchev–Trinajstić information content (AvgIpc) is 2.68. The van der Waals surface area contributed by atoms with Crippen molar-refractivity contribution < 1.29 is 29.3 Å². The zero-order valence-electron chi connectivity index (χ0n) is 10.9. The summed E-state index contributed by atoms with van der Waals surface area (Å²) in [5, 5.41) is 19.7. The molecule has 4 unspecified atom stereocenters. The van der Waals surface area contributed by atoms with E-state index in [1.165, 1.54) is 13.1 Å². The quantitative estimate of drug-likeness (QED) is 0.387. The van der Waals surface area contributed by atoms with E-state index in [1.54, 1.807) is 0 Å². The second-order valence-corrected chi connectivity index (χ2v) is 5.34. The zero-order valence-corrected chi connectivity index (χ0v) is 11.8. The fraction of sp³-hybridized carbons (Fsp3) is 0.600. The highest BCUT2D eigenvalue weighted by Crippen LogP contribution is 2.32. The molecular weight excluding hydrogens is 307 g/mol. The van der Waals surface area contributed by atoms with E-state index in [1.807, 2.05) is 0 Å². The summed E-state index contributed by atoms with van der Waals surface area (Å²) in [5.74, 6) is 0. The van der Waals surface area contributed by atoms with Gasteiger partial charge in [0.1, 0.15) is 18.3 Å². The standard InChI is InChI=1S/C10H15N2O8P/c1-4-2-12(10(16)11-8(4)15)9-7(14)6(13)5(20-9)3-19-21(17)18/h2,5-7,9,13-14,17-18H,3H2,1H3,(H,11,15,16). The molecule has 1 aromatic heterocycles. The Labute approximate surface area is 119 Å². The number of nitrogens with zero attached hydrogens (tertiary/aromatic N) is 1. The number of aryl methyl sites for hydroxylation is 1. The van der Waals surface area contributed by atoms with E-state index in [4.69, 9.17) is 14.5 Å². The molecule has 1 saturated heterocycles. The summed E-state index contributed by atoms with van der Waals surface area (Å²) in [6, 6.07) is 0. The number of H-pyrrole nitrogens is 1. The van der Waals surface area contributed by atoms with Crippen molar-refractivity contribution in [3.8, 4) is 0 Å². The first kappa shape index (κ1) is 16.2. The number of aromatic nitrogens is 2. The van der Waals surface area contributed by atoms with E-state index in [9.17, 15) is 19.8 Å². The summed E-state index contributed by atoms with van der Waals surface area (Å²) < 4.78 is 10.8. The Morgan fingerprint density at radius 2 is 2.05 bits per heavy atom. The summed E-state index contributed by atoms with van der Waals surface area (Å²) in [4.78, 5) is 42.4. The van der Waals surface area contributed by atoms with Crippen LogP contribution < -0.4 is 11.2 Å². The van der Waals surface area contributed by atoms with Crippen molar-refractivity contribution in [3.63, 3.8) is 0 Å². The van der Waals surface area contributed by atoms with Crippen molar-refractivity contribution in [1.29, 1.82) is 0 Å². The Bertz CT molecular complexity index is 614. The molecule has 2 heterocycles. The van der Waals surface area contributed by atoms with Crippen LogP contribution in [-0.4, -0.2) is 54.5 Å². The molecule has 0 spiro atoms. The first-order valence-corrected chi connectivity index (χ1v) is 7.12. The Morgan fingerprint density at radius 3 is 2.67 bits per heavy atom. The molecule has 0 radical (unpaired) electrons. The van der Waals surface area contributed by atoms with Gasteiger partial charge in [0.05, 0.1) is 6.61 Å². The number of hydrogen-bond donors (Lipinski definition) is 5. The molecule has 10 nitrogen and oxygen atoms in total. The van der Waals surface area contributed by atoms with Gasteiger partial charge in [0, 0.05) is 11.8 Å². The molecule has 11 heteroatoms. The molecule has 0 amide bonds. The van der Waals surface area contributed by atoms with E-state index in [2.05, 4.69) is 9.51 Å². The highest BCUT2D eigenvalue weighted by Gasteiger charge is 2.44. The van der Waals surface area contributed by atoms with Gasteiger partial charge >= 0.3 is 14.3 Å². The number of nitrogens with one attached hydrogen (secondary N) is 1. The summed E-state index contributed by atoms with van der Waals surface area (Å²) in [6.07, 6.45) is -3.89. The minimum atomic E-state index is -2.62. The van der Waals surface area contributed by atoms with Gasteiger partial charge in [0.2, 0.25) is 0 Å². The van der Waals surface area contributed by atoms with Crippen LogP contribution in [0.3, 0.4) is 0 Å². The number of hydrogen-bond acceptors (Lipinski definition) is 8. The molecule has 118 valence electrons. The van der Waals surface area contributed by atoms with Crippen LogP contribution in [0.1, 0.15) is 11.8 Å². The van der Waals surface area contributed by atoms with Gasteiger partial charge in [-0.25, -0.2) is 4.79 Å². The number of aliphatic hydroxyl groups is 2. The van der Waals surface area contributed by atoms with E-state index in [0.29, 0.717) is 0 Å². The van der Waals surface area contributed by atoms with Gasteiger partial charge in [-0.2, -0.15) is 0 Å². The van der Waals surface area contributed by atoms with Crippen molar-refractivity contribution in [3.05, 3.63) is 32.6 Å². The van der Waals surface area contributed by atoms with Crippen molar-refractivity contribution >= 4 is 8.60 Å². The normalized spacial score (nSPS) is 29.2. The van der Waals surface area contributed by atoms with Gasteiger partial charge in [0.25, 0.3) is 5.56 Å². The summed E-state index contributed by atoms with van der Waals surface area (Å²) >= 11 is 0. The van der Waals surface area contributed by atoms with Crippen molar-refractivity contribution in [2.75, 3.05) is 6.61 Å². The fourth-order valence-corrected chi connectivity index (χ4v) is 2.29. The number of ether oxygens (including phenoxy) is 1. The van der Waals surface area contributed by atoms with E-state index < -0.39 is 44.4 Å². The van der Waals surface area contributed by atoms with Crippen molar-refractivity contribution in [1.82, 2.24) is 9.55 Å². The molecule has 1 fully saturated rings. The maximum absolute atomic E-state index is 11.7. The van der Waals surface area contributed by atoms with Gasteiger partial charge < -0.3 is 29.3 Å². The lowest BCUT2D eigenvalue weighted by molar-refractivity contribution is -0.0526. The second kappa shape index (κ2) is 6.32. The molecular formula is C10H15N2O8P. The van der Waals surface area contributed by atoms with E-state index >= 15 is 0 Å². The molecule has 0 aromatic carbocycles. The largest absolute Gasteiger partial charge is 0.387 e. The van der Waals surface area contributed by atoms with Crippen LogP contribution in [0.5, 0.6) is 0 Å². The maximum Gasteiger partial charge on any atom is 0.330 e. The van der Waals surface area contributed by atoms with Gasteiger partial charge in [0.15, 0.2) is 6.23 Å². The van der Waals surface area contributed by atoms with Gasteiger partial charge in [-0.3, -0.25) is 14.3 Å². The molecule has 4 atom stereocenters. The predicted molar refractivity (Wildman–Crippen MR) is 69.3 cm³/mol. The first-order chi connectivity index (χ1) is 9.81. The predicted octanol–water partition coefficient (Wildman–Crippen LogP) is -2.31. The van der Waals surface area contributed by atoms with Crippen LogP contribution in [0.25, 0.3) is 0 Å². The molecule has 0 aliphatic carbocycles. The molecule has 2 rings (SSSR count). The number of rotatable bonds is 4. The third kappa shape index (κ3) is 3.38. The summed E-state index contributed by atoms with van der Waals surface area (Å²) in [7, 11) is -2.62. The molecule has 0 saturated carbocycles. The fourth-order valence-electron chi connectivity index (χ4n) is 2.01. The van der Waals surface area contributed by atoms with Crippen LogP contribution in [0.4, 0.5) is 0 Å². The van der Waals surface area contributed by atoms with Crippen LogP contribution in [0, 0.1) is 6.92 Å². The molecule has 1 aliphatic heterocycles. The molecule has 1 aliphatic rings. The first-order valence-electron chi connectivity index (χ1n) is 5.95. The third-order valence-corrected chi connectivity index (χ3v) is 3.49. The second-order valence-electron chi connectivity index (χ2n) is 4.57. The SMILES string of the molecule is Cc1cn(C2OC(COP(O)O)C(O)C2O)c(=O)[nH]c1=O. The maximum atomic E-state index is 11.7. The highest BCUT2D eigenvalue weighted by atomic mass is 31.2. The van der Waals surface area contributed by atoms with Crippen LogP contribution in [-0.2, 0) is 9.26 Å². The van der Waals surface area contributed by atoms with Crippen LogP contribution >= 0.6 is 8.60 Å². The lowest BCUT2D eigenvalue weighted by Crippen LogP contribution is -2.38. The Kier molecular flexibility index (Phi) is 4.89. The van der Waals surface area contributed by atoms with Gasteiger partial charge in [-0.15, -0.1) is 0 Å². The van der Waals surface area contributed by atoms with Crippen molar-refractivity contribution in [2.24, 2.45) is 0 Å². The van der Waals surface area contributed by atoms with E-state index in [0.717, 1.165) is 4.57 Å². The lowest BCUT2D eigenvalue weighted by atomic mass is 10.1. The monoisotopic (exact) mass is 322 g/mol. The Hall–Kier alpha value is -1.13. The lowest BCUT2D eigenvalue weighted by Gasteiger charge is -2.17. The minimum Gasteiger partial charge on any atom is -0.387 e.